The van der Waals surface area contributed by atoms with Crippen LogP contribution >= 0.6 is 11.8 Å². The first kappa shape index (κ1) is 18.8. The fourth-order valence-corrected chi connectivity index (χ4v) is 2.53. The van der Waals surface area contributed by atoms with Gasteiger partial charge in [0.05, 0.1) is 11.5 Å². The Bertz CT molecular complexity index is 715. The van der Waals surface area contributed by atoms with E-state index in [0.717, 1.165) is 11.4 Å². The van der Waals surface area contributed by atoms with Crippen LogP contribution in [0, 0.1) is 6.92 Å². The molecule has 2 heterocycles. The molecule has 8 nitrogen and oxygen atoms in total. The first-order valence-electron chi connectivity index (χ1n) is 7.64. The van der Waals surface area contributed by atoms with Gasteiger partial charge in [-0.3, -0.25) is 9.59 Å². The molecule has 0 aliphatic rings. The van der Waals surface area contributed by atoms with Crippen LogP contribution in [0.1, 0.15) is 11.3 Å². The first-order valence-corrected chi connectivity index (χ1v) is 8.79. The van der Waals surface area contributed by atoms with Crippen molar-refractivity contribution < 1.29 is 14.1 Å². The van der Waals surface area contributed by atoms with Crippen LogP contribution in [0.25, 0.3) is 0 Å². The molecule has 0 fully saturated rings. The minimum atomic E-state index is -0.227. The molecule has 0 atom stereocenters. The summed E-state index contributed by atoms with van der Waals surface area (Å²) in [6, 6.07) is 5.44. The van der Waals surface area contributed by atoms with E-state index in [0.29, 0.717) is 18.1 Å². The van der Waals surface area contributed by atoms with Gasteiger partial charge in [-0.05, 0) is 18.6 Å². The average Bonchev–Trinajstić information content (AvgIpc) is 2.98. The molecule has 0 saturated carbocycles. The van der Waals surface area contributed by atoms with E-state index in [2.05, 4.69) is 20.8 Å². The van der Waals surface area contributed by atoms with E-state index >= 15 is 0 Å². The lowest BCUT2D eigenvalue weighted by Gasteiger charge is -2.11. The Labute approximate surface area is 150 Å². The van der Waals surface area contributed by atoms with Gasteiger partial charge in [-0.15, -0.1) is 11.8 Å². The van der Waals surface area contributed by atoms with Gasteiger partial charge in [-0.2, -0.15) is 0 Å². The summed E-state index contributed by atoms with van der Waals surface area (Å²) < 4.78 is 4.86. The third-order valence-corrected chi connectivity index (χ3v) is 4.05. The highest BCUT2D eigenvalue weighted by atomic mass is 32.2. The standard InChI is InChI=1S/C16H21N5O3S/c1-11-6-13(20-24-11)19-16(23)10-25-9-15(22)18-8-12-4-5-14(17-7-12)21(2)3/h4-7H,8-10H2,1-3H3,(H,18,22)(H,19,20,23). The molecular formula is C16H21N5O3S. The first-order chi connectivity index (χ1) is 11.9. The van der Waals surface area contributed by atoms with Gasteiger partial charge in [-0.25, -0.2) is 4.98 Å². The fraction of sp³-hybridized carbons (Fsp3) is 0.375. The number of aryl methyl sites for hydroxylation is 1. The monoisotopic (exact) mass is 363 g/mol. The molecular weight excluding hydrogens is 342 g/mol. The Balaban J connectivity index is 1.64. The second-order valence-electron chi connectivity index (χ2n) is 5.56. The minimum absolute atomic E-state index is 0.133. The maximum atomic E-state index is 11.8. The zero-order valence-electron chi connectivity index (χ0n) is 14.4. The number of anilines is 2. The quantitative estimate of drug-likeness (QED) is 0.732. The molecule has 2 N–H and O–H groups in total. The lowest BCUT2D eigenvalue weighted by atomic mass is 10.3. The maximum absolute atomic E-state index is 11.8. The summed E-state index contributed by atoms with van der Waals surface area (Å²) in [6.07, 6.45) is 1.73. The highest BCUT2D eigenvalue weighted by Gasteiger charge is 2.08. The summed E-state index contributed by atoms with van der Waals surface area (Å²) in [7, 11) is 3.84. The van der Waals surface area contributed by atoms with Gasteiger partial charge in [0, 0.05) is 32.9 Å². The Hall–Kier alpha value is -2.55. The molecule has 2 amide bonds. The lowest BCUT2D eigenvalue weighted by Crippen LogP contribution is -2.25. The summed E-state index contributed by atoms with van der Waals surface area (Å²) in [5, 5.41) is 9.08. The van der Waals surface area contributed by atoms with E-state index < -0.39 is 0 Å². The summed E-state index contributed by atoms with van der Waals surface area (Å²) in [5.74, 6) is 1.87. The van der Waals surface area contributed by atoms with E-state index in [9.17, 15) is 9.59 Å². The second kappa shape index (κ2) is 9.07. The molecule has 0 unspecified atom stereocenters. The number of thioether (sulfide) groups is 1. The number of carbonyl (C=O) groups excluding carboxylic acids is 2. The summed E-state index contributed by atoms with van der Waals surface area (Å²) >= 11 is 1.23. The van der Waals surface area contributed by atoms with Crippen molar-refractivity contribution in [2.45, 2.75) is 13.5 Å². The van der Waals surface area contributed by atoms with Crippen LogP contribution in [0.15, 0.2) is 28.9 Å². The van der Waals surface area contributed by atoms with Gasteiger partial charge in [0.1, 0.15) is 11.6 Å². The molecule has 25 heavy (non-hydrogen) atoms. The van der Waals surface area contributed by atoms with Crippen molar-refractivity contribution in [2.24, 2.45) is 0 Å². The van der Waals surface area contributed by atoms with Crippen LogP contribution in [0.3, 0.4) is 0 Å². The number of aromatic nitrogens is 2. The van der Waals surface area contributed by atoms with Crippen LogP contribution in [0.5, 0.6) is 0 Å². The predicted octanol–water partition coefficient (Wildman–Crippen LogP) is 1.43. The minimum Gasteiger partial charge on any atom is -0.363 e. The highest BCUT2D eigenvalue weighted by molar-refractivity contribution is 8.00. The van der Waals surface area contributed by atoms with Gasteiger partial charge in [0.2, 0.25) is 11.8 Å². The van der Waals surface area contributed by atoms with Crippen LogP contribution in [-0.2, 0) is 16.1 Å². The Morgan fingerprint density at radius 2 is 2.00 bits per heavy atom. The number of hydrogen-bond donors (Lipinski definition) is 2. The van der Waals surface area contributed by atoms with E-state index in [1.165, 1.54) is 11.8 Å². The fourth-order valence-electron chi connectivity index (χ4n) is 1.88. The van der Waals surface area contributed by atoms with Crippen molar-refractivity contribution in [3.05, 3.63) is 35.7 Å². The molecule has 0 radical (unpaired) electrons. The average molecular weight is 363 g/mol. The molecule has 0 aliphatic heterocycles. The Morgan fingerprint density at radius 1 is 1.24 bits per heavy atom. The molecule has 0 aliphatic carbocycles. The summed E-state index contributed by atoms with van der Waals surface area (Å²) in [5.41, 5.74) is 0.920. The number of pyridine rings is 1. The highest BCUT2D eigenvalue weighted by Crippen LogP contribution is 2.09. The third kappa shape index (κ3) is 6.46. The molecule has 0 spiro atoms. The molecule has 0 aromatic carbocycles. The summed E-state index contributed by atoms with van der Waals surface area (Å²) in [6.45, 7) is 2.15. The van der Waals surface area contributed by atoms with Crippen LogP contribution < -0.4 is 15.5 Å². The number of rotatable bonds is 8. The molecule has 134 valence electrons. The van der Waals surface area contributed by atoms with E-state index in [-0.39, 0.29) is 23.3 Å². The smallest absolute Gasteiger partial charge is 0.235 e. The SMILES string of the molecule is Cc1cc(NC(=O)CSCC(=O)NCc2ccc(N(C)C)nc2)no1. The maximum Gasteiger partial charge on any atom is 0.235 e. The number of nitrogens with zero attached hydrogens (tertiary/aromatic N) is 3. The van der Waals surface area contributed by atoms with Gasteiger partial charge in [0.25, 0.3) is 0 Å². The third-order valence-electron chi connectivity index (χ3n) is 3.12. The normalized spacial score (nSPS) is 10.4. The van der Waals surface area contributed by atoms with Crippen LogP contribution in [0.4, 0.5) is 11.6 Å². The topological polar surface area (TPSA) is 100 Å². The second-order valence-corrected chi connectivity index (χ2v) is 6.55. The number of hydrogen-bond acceptors (Lipinski definition) is 7. The lowest BCUT2D eigenvalue weighted by molar-refractivity contribution is -0.118. The van der Waals surface area contributed by atoms with Gasteiger partial charge < -0.3 is 20.1 Å². The van der Waals surface area contributed by atoms with E-state index in [1.54, 1.807) is 19.2 Å². The van der Waals surface area contributed by atoms with Crippen molar-refractivity contribution in [2.75, 3.05) is 35.8 Å². The van der Waals surface area contributed by atoms with Crippen LogP contribution in [-0.4, -0.2) is 47.6 Å². The molecule has 9 heteroatoms. The summed E-state index contributed by atoms with van der Waals surface area (Å²) in [4.78, 5) is 29.7. The predicted molar refractivity (Wildman–Crippen MR) is 97.6 cm³/mol. The molecule has 0 saturated heterocycles. The van der Waals surface area contributed by atoms with Crippen molar-refractivity contribution in [3.63, 3.8) is 0 Å². The van der Waals surface area contributed by atoms with Crippen LogP contribution in [0.2, 0.25) is 0 Å². The van der Waals surface area contributed by atoms with E-state index in [1.807, 2.05) is 31.1 Å². The number of nitrogens with one attached hydrogen (secondary N) is 2. The zero-order valence-corrected chi connectivity index (χ0v) is 15.2. The number of amides is 2. The largest absolute Gasteiger partial charge is 0.363 e. The van der Waals surface area contributed by atoms with Gasteiger partial charge >= 0.3 is 0 Å². The zero-order chi connectivity index (χ0) is 18.2. The van der Waals surface area contributed by atoms with Crippen molar-refractivity contribution >= 4 is 35.2 Å². The van der Waals surface area contributed by atoms with E-state index in [4.69, 9.17) is 4.52 Å². The number of carbonyl (C=O) groups is 2. The van der Waals surface area contributed by atoms with Crippen molar-refractivity contribution in [1.29, 1.82) is 0 Å². The van der Waals surface area contributed by atoms with Gasteiger partial charge in [-0.1, -0.05) is 11.2 Å². The molecule has 2 aromatic rings. The molecule has 2 rings (SSSR count). The van der Waals surface area contributed by atoms with Crippen molar-refractivity contribution in [1.82, 2.24) is 15.5 Å². The van der Waals surface area contributed by atoms with Gasteiger partial charge in [0.15, 0.2) is 5.82 Å². The molecule has 2 aromatic heterocycles. The Morgan fingerprint density at radius 3 is 2.60 bits per heavy atom. The van der Waals surface area contributed by atoms with Crippen molar-refractivity contribution in [3.8, 4) is 0 Å². The molecule has 0 bridgehead atoms. The Kier molecular flexibility index (Phi) is 6.81.